The summed E-state index contributed by atoms with van der Waals surface area (Å²) in [5.74, 6) is -0.369. The molecule has 1 aliphatic rings. The summed E-state index contributed by atoms with van der Waals surface area (Å²) in [7, 11) is 0. The molecular formula is C16H10ClNO3. The maximum atomic E-state index is 12.3. The van der Waals surface area contributed by atoms with Crippen LogP contribution in [0.25, 0.3) is 11.0 Å². The molecule has 104 valence electrons. The fraction of sp³-hybridized carbons (Fsp3) is 0.0625. The van der Waals surface area contributed by atoms with Gasteiger partial charge in [-0.25, -0.2) is 0 Å². The number of nitrogens with one attached hydrogen (secondary N) is 1. The van der Waals surface area contributed by atoms with E-state index in [1.54, 1.807) is 42.5 Å². The average molecular weight is 300 g/mol. The summed E-state index contributed by atoms with van der Waals surface area (Å²) in [6, 6.07) is 13.9. The molecule has 0 spiro atoms. The van der Waals surface area contributed by atoms with E-state index >= 15 is 0 Å². The van der Waals surface area contributed by atoms with Crippen LogP contribution >= 0.6 is 11.6 Å². The molecule has 4 rings (SSSR count). The van der Waals surface area contributed by atoms with Crippen molar-refractivity contribution in [3.05, 3.63) is 64.9 Å². The third-order valence-corrected chi connectivity index (χ3v) is 4.04. The zero-order valence-corrected chi connectivity index (χ0v) is 11.5. The van der Waals surface area contributed by atoms with Gasteiger partial charge >= 0.3 is 0 Å². The molecule has 0 saturated heterocycles. The van der Waals surface area contributed by atoms with Crippen molar-refractivity contribution in [1.82, 2.24) is 0 Å². The summed E-state index contributed by atoms with van der Waals surface area (Å²) in [6.07, 6.45) is 0. The minimum Gasteiger partial charge on any atom is -0.455 e. The van der Waals surface area contributed by atoms with E-state index in [2.05, 4.69) is 5.32 Å². The molecule has 1 unspecified atom stereocenters. The SMILES string of the molecule is O=C1Nc2ccccc2C1(O)c1cc2cccc(Cl)c2o1. The second-order valence-electron chi connectivity index (χ2n) is 4.98. The van der Waals surface area contributed by atoms with E-state index in [1.165, 1.54) is 0 Å². The minimum atomic E-state index is -1.83. The molecule has 0 saturated carbocycles. The molecule has 0 bridgehead atoms. The molecule has 5 heteroatoms. The van der Waals surface area contributed by atoms with Gasteiger partial charge in [0.15, 0.2) is 11.3 Å². The van der Waals surface area contributed by atoms with Gasteiger partial charge in [0.25, 0.3) is 5.91 Å². The summed E-state index contributed by atoms with van der Waals surface area (Å²) >= 11 is 6.08. The highest BCUT2D eigenvalue weighted by Gasteiger charge is 2.49. The zero-order chi connectivity index (χ0) is 14.6. The van der Waals surface area contributed by atoms with E-state index in [0.29, 0.717) is 21.9 Å². The lowest BCUT2D eigenvalue weighted by Crippen LogP contribution is -2.34. The maximum absolute atomic E-state index is 12.3. The Balaban J connectivity index is 1.99. The lowest BCUT2D eigenvalue weighted by atomic mass is 9.92. The van der Waals surface area contributed by atoms with Crippen molar-refractivity contribution in [3.8, 4) is 0 Å². The number of amides is 1. The van der Waals surface area contributed by atoms with Crippen molar-refractivity contribution in [3.63, 3.8) is 0 Å². The van der Waals surface area contributed by atoms with Crippen LogP contribution in [0.2, 0.25) is 5.02 Å². The Morgan fingerprint density at radius 2 is 1.95 bits per heavy atom. The molecule has 1 aromatic heterocycles. The molecule has 3 aromatic rings. The smallest absolute Gasteiger partial charge is 0.269 e. The van der Waals surface area contributed by atoms with Gasteiger partial charge in [-0.1, -0.05) is 41.9 Å². The van der Waals surface area contributed by atoms with Gasteiger partial charge in [-0.2, -0.15) is 0 Å². The summed E-state index contributed by atoms with van der Waals surface area (Å²) < 4.78 is 5.67. The van der Waals surface area contributed by atoms with Crippen LogP contribution in [-0.2, 0) is 10.4 Å². The standard InChI is InChI=1S/C16H10ClNO3/c17-11-6-3-4-9-8-13(21-14(9)11)16(20)10-5-1-2-7-12(10)18-15(16)19/h1-8,20H,(H,18,19). The van der Waals surface area contributed by atoms with E-state index in [0.717, 1.165) is 5.39 Å². The number of halogens is 1. The Morgan fingerprint density at radius 3 is 2.76 bits per heavy atom. The van der Waals surface area contributed by atoms with Gasteiger partial charge in [0.05, 0.1) is 5.02 Å². The van der Waals surface area contributed by atoms with E-state index in [4.69, 9.17) is 16.0 Å². The van der Waals surface area contributed by atoms with E-state index < -0.39 is 11.5 Å². The van der Waals surface area contributed by atoms with Crippen LogP contribution < -0.4 is 5.32 Å². The van der Waals surface area contributed by atoms with Crippen LogP contribution in [0, 0.1) is 0 Å². The lowest BCUT2D eigenvalue weighted by molar-refractivity contribution is -0.130. The topological polar surface area (TPSA) is 62.5 Å². The molecule has 2 aromatic carbocycles. The maximum Gasteiger partial charge on any atom is 0.269 e. The summed E-state index contributed by atoms with van der Waals surface area (Å²) in [5, 5.41) is 14.8. The number of carbonyl (C=O) groups is 1. The zero-order valence-electron chi connectivity index (χ0n) is 10.8. The second-order valence-corrected chi connectivity index (χ2v) is 5.39. The molecular weight excluding hydrogens is 290 g/mol. The fourth-order valence-corrected chi connectivity index (χ4v) is 2.91. The first kappa shape index (κ1) is 12.4. The molecule has 2 heterocycles. The third-order valence-electron chi connectivity index (χ3n) is 3.75. The monoisotopic (exact) mass is 299 g/mol. The van der Waals surface area contributed by atoms with Gasteiger partial charge in [0.2, 0.25) is 5.60 Å². The number of anilines is 1. The third kappa shape index (κ3) is 1.57. The minimum absolute atomic E-state index is 0.160. The Kier molecular flexibility index (Phi) is 2.43. The van der Waals surface area contributed by atoms with Gasteiger partial charge in [0.1, 0.15) is 0 Å². The number of aliphatic hydroxyl groups is 1. The van der Waals surface area contributed by atoms with Crippen molar-refractivity contribution in [2.24, 2.45) is 0 Å². The lowest BCUT2D eigenvalue weighted by Gasteiger charge is -2.17. The quantitative estimate of drug-likeness (QED) is 0.725. The summed E-state index contributed by atoms with van der Waals surface area (Å²) in [4.78, 5) is 12.3. The number of benzene rings is 2. The molecule has 0 radical (unpaired) electrons. The van der Waals surface area contributed by atoms with Gasteiger partial charge in [0, 0.05) is 16.6 Å². The Bertz CT molecular complexity index is 886. The Hall–Kier alpha value is -2.30. The van der Waals surface area contributed by atoms with Gasteiger partial charge < -0.3 is 14.8 Å². The van der Waals surface area contributed by atoms with Crippen LogP contribution in [0.1, 0.15) is 11.3 Å². The number of hydrogen-bond acceptors (Lipinski definition) is 3. The predicted molar refractivity (Wildman–Crippen MR) is 79.3 cm³/mol. The van der Waals surface area contributed by atoms with Crippen molar-refractivity contribution >= 4 is 34.2 Å². The molecule has 2 N–H and O–H groups in total. The van der Waals surface area contributed by atoms with Crippen molar-refractivity contribution in [1.29, 1.82) is 0 Å². The molecule has 21 heavy (non-hydrogen) atoms. The first-order valence-corrected chi connectivity index (χ1v) is 6.80. The van der Waals surface area contributed by atoms with E-state index in [-0.39, 0.29) is 5.76 Å². The van der Waals surface area contributed by atoms with Crippen LogP contribution in [-0.4, -0.2) is 11.0 Å². The number of carbonyl (C=O) groups excluding carboxylic acids is 1. The molecule has 0 fully saturated rings. The van der Waals surface area contributed by atoms with Gasteiger partial charge in [-0.05, 0) is 18.2 Å². The number of rotatable bonds is 1. The highest BCUT2D eigenvalue weighted by Crippen LogP contribution is 2.43. The number of para-hydroxylation sites is 2. The van der Waals surface area contributed by atoms with E-state index in [1.807, 2.05) is 6.07 Å². The normalized spacial score (nSPS) is 20.6. The molecule has 4 nitrogen and oxygen atoms in total. The predicted octanol–water partition coefficient (Wildman–Crippen LogP) is 3.27. The first-order chi connectivity index (χ1) is 10.1. The van der Waals surface area contributed by atoms with Crippen LogP contribution in [0.5, 0.6) is 0 Å². The highest BCUT2D eigenvalue weighted by atomic mass is 35.5. The molecule has 1 atom stereocenters. The Morgan fingerprint density at radius 1 is 1.14 bits per heavy atom. The molecule has 1 amide bonds. The Labute approximate surface area is 124 Å². The summed E-state index contributed by atoms with van der Waals surface area (Å²) in [5.41, 5.74) is -0.319. The fourth-order valence-electron chi connectivity index (χ4n) is 2.69. The van der Waals surface area contributed by atoms with E-state index in [9.17, 15) is 9.90 Å². The van der Waals surface area contributed by atoms with Crippen molar-refractivity contribution in [2.75, 3.05) is 5.32 Å². The highest BCUT2D eigenvalue weighted by molar-refractivity contribution is 6.34. The van der Waals surface area contributed by atoms with Crippen molar-refractivity contribution < 1.29 is 14.3 Å². The van der Waals surface area contributed by atoms with Gasteiger partial charge in [-0.3, -0.25) is 4.79 Å². The van der Waals surface area contributed by atoms with Crippen LogP contribution in [0.4, 0.5) is 5.69 Å². The first-order valence-electron chi connectivity index (χ1n) is 6.42. The van der Waals surface area contributed by atoms with Gasteiger partial charge in [-0.15, -0.1) is 0 Å². The number of hydrogen-bond donors (Lipinski definition) is 2. The van der Waals surface area contributed by atoms with Crippen LogP contribution in [0.15, 0.2) is 52.9 Å². The molecule has 0 aliphatic carbocycles. The average Bonchev–Trinajstić information content (AvgIpc) is 3.02. The molecule has 1 aliphatic heterocycles. The number of furan rings is 1. The largest absolute Gasteiger partial charge is 0.455 e. The van der Waals surface area contributed by atoms with Crippen LogP contribution in [0.3, 0.4) is 0 Å². The van der Waals surface area contributed by atoms with Crippen molar-refractivity contribution in [2.45, 2.75) is 5.60 Å². The number of fused-ring (bicyclic) bond motifs is 2. The summed E-state index contributed by atoms with van der Waals surface area (Å²) in [6.45, 7) is 0. The second kappa shape index (κ2) is 4.10.